The summed E-state index contributed by atoms with van der Waals surface area (Å²) in [5, 5.41) is 20.3. The molecule has 8 nitrogen and oxygen atoms in total. The molecule has 0 aliphatic carbocycles. The molecule has 1 aliphatic rings. The largest absolute Gasteiger partial charge is 0.504 e. The van der Waals surface area contributed by atoms with Crippen molar-refractivity contribution in [3.8, 4) is 23.0 Å². The molecule has 2 N–H and O–H groups in total. The molecule has 8 heteroatoms. The maximum atomic E-state index is 12.7. The lowest BCUT2D eigenvalue weighted by atomic mass is 9.90. The Labute approximate surface area is 171 Å². The highest BCUT2D eigenvalue weighted by molar-refractivity contribution is 5.91. The highest BCUT2D eigenvalue weighted by atomic mass is 16.6. The van der Waals surface area contributed by atoms with Crippen LogP contribution in [0, 0.1) is 0 Å². The van der Waals surface area contributed by atoms with Crippen LogP contribution in [0.1, 0.15) is 29.8 Å². The molecule has 0 amide bonds. The Kier molecular flexibility index (Phi) is 4.57. The molecule has 0 fully saturated rings. The number of hydrogen-bond acceptors (Lipinski definition) is 8. The van der Waals surface area contributed by atoms with E-state index < -0.39 is 34.8 Å². The van der Waals surface area contributed by atoms with Gasteiger partial charge in [0, 0.05) is 23.9 Å². The quantitative estimate of drug-likeness (QED) is 0.383. The van der Waals surface area contributed by atoms with E-state index in [0.29, 0.717) is 17.8 Å². The van der Waals surface area contributed by atoms with E-state index in [1.54, 1.807) is 26.0 Å². The average molecular weight is 412 g/mol. The predicted molar refractivity (Wildman–Crippen MR) is 106 cm³/mol. The second-order valence-corrected chi connectivity index (χ2v) is 7.60. The number of methoxy groups -OCH3 is 1. The molecule has 1 atom stereocenters. The van der Waals surface area contributed by atoms with Crippen molar-refractivity contribution in [1.29, 1.82) is 0 Å². The molecule has 4 rings (SSSR count). The minimum absolute atomic E-state index is 0.0315. The van der Waals surface area contributed by atoms with Gasteiger partial charge < -0.3 is 28.8 Å². The van der Waals surface area contributed by atoms with E-state index in [1.165, 1.54) is 19.2 Å². The molecule has 0 radical (unpaired) electrons. The van der Waals surface area contributed by atoms with Gasteiger partial charge >= 0.3 is 11.6 Å². The first kappa shape index (κ1) is 19.6. The fourth-order valence-electron chi connectivity index (χ4n) is 3.44. The van der Waals surface area contributed by atoms with E-state index in [9.17, 15) is 19.8 Å². The summed E-state index contributed by atoms with van der Waals surface area (Å²) in [6, 6.07) is 8.89. The molecule has 30 heavy (non-hydrogen) atoms. The predicted octanol–water partition coefficient (Wildman–Crippen LogP) is 3.15. The zero-order valence-corrected chi connectivity index (χ0v) is 16.6. The summed E-state index contributed by atoms with van der Waals surface area (Å²) in [5.41, 5.74) is -0.0613. The molecule has 0 unspecified atom stereocenters. The number of esters is 1. The van der Waals surface area contributed by atoms with Gasteiger partial charge in [0.1, 0.15) is 23.0 Å². The van der Waals surface area contributed by atoms with Crippen molar-refractivity contribution >= 4 is 16.9 Å². The van der Waals surface area contributed by atoms with Gasteiger partial charge in [0.2, 0.25) is 5.75 Å². The minimum Gasteiger partial charge on any atom is -0.504 e. The first-order valence-electron chi connectivity index (χ1n) is 9.24. The van der Waals surface area contributed by atoms with Crippen LogP contribution in [0.2, 0.25) is 0 Å². The Morgan fingerprint density at radius 3 is 2.67 bits per heavy atom. The first-order valence-corrected chi connectivity index (χ1v) is 9.24. The maximum Gasteiger partial charge on any atom is 0.338 e. The standard InChI is InChI=1S/C22H20O8/c1-22(2)18(29-21(26)13-7-14(23)20(25)17(8-13)27-3)9-12-6-11-4-5-19(24)28-15(11)10-16(12)30-22/h4-8,10,18,23,25H,9H2,1-3H3/t18-/m0/s1. The third-order valence-corrected chi connectivity index (χ3v) is 5.12. The van der Waals surface area contributed by atoms with Gasteiger partial charge in [-0.15, -0.1) is 0 Å². The molecular weight excluding hydrogens is 392 g/mol. The van der Waals surface area contributed by atoms with Crippen LogP contribution in [-0.4, -0.2) is 35.0 Å². The van der Waals surface area contributed by atoms with E-state index in [1.807, 2.05) is 6.07 Å². The number of ether oxygens (including phenoxy) is 3. The Bertz CT molecular complexity index is 1210. The molecule has 0 saturated heterocycles. The number of aromatic hydroxyl groups is 2. The van der Waals surface area contributed by atoms with Crippen LogP contribution < -0.4 is 15.1 Å². The number of rotatable bonds is 3. The molecule has 0 bridgehead atoms. The summed E-state index contributed by atoms with van der Waals surface area (Å²) < 4.78 is 21.9. The number of phenols is 2. The van der Waals surface area contributed by atoms with Crippen molar-refractivity contribution in [2.24, 2.45) is 0 Å². The number of benzene rings is 2. The molecule has 1 aromatic heterocycles. The molecule has 0 saturated carbocycles. The van der Waals surface area contributed by atoms with Crippen molar-refractivity contribution in [3.63, 3.8) is 0 Å². The van der Waals surface area contributed by atoms with Gasteiger partial charge in [-0.3, -0.25) is 0 Å². The summed E-state index contributed by atoms with van der Waals surface area (Å²) in [7, 11) is 1.31. The lowest BCUT2D eigenvalue weighted by molar-refractivity contribution is -0.0593. The fraction of sp³-hybridized carbons (Fsp3) is 0.273. The highest BCUT2D eigenvalue weighted by Crippen LogP contribution is 2.39. The number of carbonyl (C=O) groups excluding carboxylic acids is 1. The summed E-state index contributed by atoms with van der Waals surface area (Å²) >= 11 is 0. The molecule has 3 aromatic rings. The van der Waals surface area contributed by atoms with Crippen LogP contribution in [0.4, 0.5) is 0 Å². The number of fused-ring (bicyclic) bond motifs is 2. The lowest BCUT2D eigenvalue weighted by Crippen LogP contribution is -2.48. The summed E-state index contributed by atoms with van der Waals surface area (Å²) in [4.78, 5) is 24.2. The van der Waals surface area contributed by atoms with Crippen molar-refractivity contribution in [3.05, 3.63) is 57.9 Å². The molecular formula is C22H20O8. The monoisotopic (exact) mass is 412 g/mol. The van der Waals surface area contributed by atoms with Crippen molar-refractivity contribution < 1.29 is 33.6 Å². The minimum atomic E-state index is -0.867. The fourth-order valence-corrected chi connectivity index (χ4v) is 3.44. The third kappa shape index (κ3) is 3.41. The van der Waals surface area contributed by atoms with Gasteiger partial charge in [-0.05, 0) is 43.7 Å². The van der Waals surface area contributed by atoms with Gasteiger partial charge in [0.15, 0.2) is 11.5 Å². The zero-order chi connectivity index (χ0) is 21.6. The van der Waals surface area contributed by atoms with Crippen LogP contribution >= 0.6 is 0 Å². The van der Waals surface area contributed by atoms with E-state index in [-0.39, 0.29) is 11.3 Å². The SMILES string of the molecule is COc1cc(C(=O)O[C@H]2Cc3cc4ccc(=O)oc4cc3OC2(C)C)cc(O)c1O. The second kappa shape index (κ2) is 6.98. The van der Waals surface area contributed by atoms with Crippen molar-refractivity contribution in [2.75, 3.05) is 7.11 Å². The topological polar surface area (TPSA) is 115 Å². The third-order valence-electron chi connectivity index (χ3n) is 5.12. The Balaban J connectivity index is 1.64. The summed E-state index contributed by atoms with van der Waals surface area (Å²) in [6.45, 7) is 3.57. The summed E-state index contributed by atoms with van der Waals surface area (Å²) in [5.74, 6) is -1.13. The van der Waals surface area contributed by atoms with E-state index in [0.717, 1.165) is 17.0 Å². The van der Waals surface area contributed by atoms with Gasteiger partial charge in [0.05, 0.1) is 12.7 Å². The highest BCUT2D eigenvalue weighted by Gasteiger charge is 2.40. The van der Waals surface area contributed by atoms with Crippen LogP contribution in [0.25, 0.3) is 11.0 Å². The molecule has 1 aliphatic heterocycles. The zero-order valence-electron chi connectivity index (χ0n) is 16.6. The number of phenolic OH excluding ortho intramolecular Hbond substituents is 2. The number of hydrogen-bond donors (Lipinski definition) is 2. The van der Waals surface area contributed by atoms with Crippen molar-refractivity contribution in [1.82, 2.24) is 0 Å². The van der Waals surface area contributed by atoms with E-state index in [2.05, 4.69) is 0 Å². The normalized spacial score (nSPS) is 17.1. The molecule has 2 aromatic carbocycles. The number of carbonyl (C=O) groups is 1. The van der Waals surface area contributed by atoms with Gasteiger partial charge in [-0.25, -0.2) is 9.59 Å². The molecule has 156 valence electrons. The van der Waals surface area contributed by atoms with Gasteiger partial charge in [-0.1, -0.05) is 0 Å². The average Bonchev–Trinajstić information content (AvgIpc) is 2.68. The Morgan fingerprint density at radius 2 is 1.93 bits per heavy atom. The second-order valence-electron chi connectivity index (χ2n) is 7.60. The first-order chi connectivity index (χ1) is 14.2. The summed E-state index contributed by atoms with van der Waals surface area (Å²) in [6.07, 6.45) is -0.253. The Morgan fingerprint density at radius 1 is 1.17 bits per heavy atom. The lowest BCUT2D eigenvalue weighted by Gasteiger charge is -2.39. The Hall–Kier alpha value is -3.68. The van der Waals surface area contributed by atoms with E-state index in [4.69, 9.17) is 18.6 Å². The van der Waals surface area contributed by atoms with Crippen molar-refractivity contribution in [2.45, 2.75) is 32.0 Å². The van der Waals surface area contributed by atoms with Crippen LogP contribution in [-0.2, 0) is 11.2 Å². The smallest absolute Gasteiger partial charge is 0.338 e. The van der Waals surface area contributed by atoms with Crippen LogP contribution in [0.15, 0.2) is 45.6 Å². The van der Waals surface area contributed by atoms with Gasteiger partial charge in [-0.2, -0.15) is 0 Å². The molecule has 0 spiro atoms. The van der Waals surface area contributed by atoms with Gasteiger partial charge in [0.25, 0.3) is 0 Å². The van der Waals surface area contributed by atoms with Crippen LogP contribution in [0.5, 0.6) is 23.0 Å². The maximum absolute atomic E-state index is 12.7. The molecule has 2 heterocycles. The van der Waals surface area contributed by atoms with Crippen LogP contribution in [0.3, 0.4) is 0 Å². The van der Waals surface area contributed by atoms with E-state index >= 15 is 0 Å².